The molecule has 0 saturated heterocycles. The third-order valence-corrected chi connectivity index (χ3v) is 2.18. The Bertz CT molecular complexity index is 492. The minimum atomic E-state index is 0.238. The average molecular weight is 260 g/mol. The molecule has 3 N–H and O–H groups in total. The van der Waals surface area contributed by atoms with Gasteiger partial charge >= 0.3 is 0 Å². The summed E-state index contributed by atoms with van der Waals surface area (Å²) < 4.78 is 5.20. The van der Waals surface area contributed by atoms with E-state index in [0.29, 0.717) is 23.1 Å². The van der Waals surface area contributed by atoms with Gasteiger partial charge in [-0.15, -0.1) is 0 Å². The van der Waals surface area contributed by atoms with Crippen LogP contribution in [0, 0.1) is 0 Å². The van der Waals surface area contributed by atoms with Crippen molar-refractivity contribution in [1.29, 1.82) is 0 Å². The number of methoxy groups -OCH3 is 1. The largest absolute Gasteiger partial charge is 0.491 e. The summed E-state index contributed by atoms with van der Waals surface area (Å²) in [4.78, 5) is 8.53. The molecule has 0 radical (unpaired) electrons. The molecule has 5 heteroatoms. The van der Waals surface area contributed by atoms with Gasteiger partial charge < -0.3 is 15.8 Å². The van der Waals surface area contributed by atoms with Gasteiger partial charge in [0, 0.05) is 6.04 Å². The van der Waals surface area contributed by atoms with Gasteiger partial charge in [-0.3, -0.25) is 0 Å². The van der Waals surface area contributed by atoms with Crippen LogP contribution < -0.4 is 15.8 Å². The lowest BCUT2D eigenvalue weighted by Crippen LogP contribution is -2.14. The molecule has 0 aromatic carbocycles. The predicted octanol–water partition coefficient (Wildman–Crippen LogP) is 2.35. The monoisotopic (exact) mass is 260 g/mol. The molecule has 102 valence electrons. The lowest BCUT2D eigenvalue weighted by atomic mass is 10.3. The van der Waals surface area contributed by atoms with Crippen molar-refractivity contribution in [3.05, 3.63) is 42.9 Å². The highest BCUT2D eigenvalue weighted by Gasteiger charge is 2.09. The van der Waals surface area contributed by atoms with Crippen molar-refractivity contribution >= 4 is 11.5 Å². The molecule has 0 fully saturated rings. The van der Waals surface area contributed by atoms with Gasteiger partial charge in [-0.05, 0) is 19.9 Å². The Morgan fingerprint density at radius 3 is 2.79 bits per heavy atom. The number of aromatic nitrogens is 2. The zero-order chi connectivity index (χ0) is 14.3. The van der Waals surface area contributed by atoms with Crippen molar-refractivity contribution in [1.82, 2.24) is 9.97 Å². The van der Waals surface area contributed by atoms with Gasteiger partial charge in [-0.2, -0.15) is 0 Å². The van der Waals surface area contributed by atoms with Crippen molar-refractivity contribution in [2.75, 3.05) is 12.4 Å². The second kappa shape index (κ2) is 7.20. The zero-order valence-electron chi connectivity index (χ0n) is 11.6. The van der Waals surface area contributed by atoms with Crippen LogP contribution in [0.25, 0.3) is 5.70 Å². The molecule has 0 atom stereocenters. The number of nitrogens with two attached hydrogens (primary N) is 1. The third-order valence-electron chi connectivity index (χ3n) is 2.18. The third kappa shape index (κ3) is 4.46. The van der Waals surface area contributed by atoms with E-state index in [-0.39, 0.29) is 6.04 Å². The smallest absolute Gasteiger partial charge is 0.179 e. The number of ether oxygens (including phenoxy) is 1. The molecule has 0 saturated carbocycles. The van der Waals surface area contributed by atoms with Crippen LogP contribution in [0.2, 0.25) is 0 Å². The van der Waals surface area contributed by atoms with E-state index < -0.39 is 0 Å². The summed E-state index contributed by atoms with van der Waals surface area (Å²) in [6.07, 6.45) is 8.56. The van der Waals surface area contributed by atoms with Gasteiger partial charge in [-0.25, -0.2) is 9.97 Å². The number of rotatable bonds is 6. The van der Waals surface area contributed by atoms with E-state index in [9.17, 15) is 0 Å². The Morgan fingerprint density at radius 2 is 2.21 bits per heavy atom. The van der Waals surface area contributed by atoms with Crippen molar-refractivity contribution in [2.45, 2.75) is 19.9 Å². The van der Waals surface area contributed by atoms with Gasteiger partial charge in [0.1, 0.15) is 0 Å². The molecule has 1 aromatic heterocycles. The van der Waals surface area contributed by atoms with Crippen molar-refractivity contribution in [2.24, 2.45) is 5.73 Å². The normalized spacial score (nSPS) is 11.9. The number of hydrogen-bond donors (Lipinski definition) is 2. The lowest BCUT2D eigenvalue weighted by Gasteiger charge is -2.13. The van der Waals surface area contributed by atoms with Gasteiger partial charge in [-0.1, -0.05) is 24.8 Å². The van der Waals surface area contributed by atoms with Crippen LogP contribution >= 0.6 is 0 Å². The fraction of sp³-hybridized carbons (Fsp3) is 0.286. The average Bonchev–Trinajstić information content (AvgIpc) is 2.38. The highest BCUT2D eigenvalue weighted by molar-refractivity contribution is 5.61. The number of nitrogens with one attached hydrogen (secondary N) is 1. The van der Waals surface area contributed by atoms with Crippen molar-refractivity contribution in [3.63, 3.8) is 0 Å². The summed E-state index contributed by atoms with van der Waals surface area (Å²) in [5.74, 6) is 1.68. The summed E-state index contributed by atoms with van der Waals surface area (Å²) in [6.45, 7) is 7.63. The van der Waals surface area contributed by atoms with Crippen molar-refractivity contribution < 1.29 is 4.74 Å². The fourth-order valence-corrected chi connectivity index (χ4v) is 1.35. The molecule has 0 unspecified atom stereocenters. The van der Waals surface area contributed by atoms with Crippen molar-refractivity contribution in [3.8, 4) is 5.75 Å². The van der Waals surface area contributed by atoms with Gasteiger partial charge in [0.25, 0.3) is 0 Å². The van der Waals surface area contributed by atoms with Crippen LogP contribution in [0.1, 0.15) is 19.7 Å². The van der Waals surface area contributed by atoms with Gasteiger partial charge in [0.2, 0.25) is 0 Å². The summed E-state index contributed by atoms with van der Waals surface area (Å²) in [7, 11) is 1.58. The second-order valence-electron chi connectivity index (χ2n) is 4.15. The molecule has 1 rings (SSSR count). The first-order valence-corrected chi connectivity index (χ1v) is 6.01. The Balaban J connectivity index is 3.06. The Hall–Kier alpha value is -2.30. The molecule has 1 aromatic rings. The maximum absolute atomic E-state index is 5.91. The van der Waals surface area contributed by atoms with E-state index in [1.54, 1.807) is 37.6 Å². The Labute approximate surface area is 113 Å². The van der Waals surface area contributed by atoms with Gasteiger partial charge in [0.15, 0.2) is 17.4 Å². The molecule has 0 aliphatic carbocycles. The van der Waals surface area contributed by atoms with Crippen LogP contribution in [0.3, 0.4) is 0 Å². The van der Waals surface area contributed by atoms with Gasteiger partial charge in [0.05, 0.1) is 19.0 Å². The van der Waals surface area contributed by atoms with E-state index in [2.05, 4.69) is 21.9 Å². The molecular weight excluding hydrogens is 240 g/mol. The lowest BCUT2D eigenvalue weighted by molar-refractivity contribution is 0.412. The fourth-order valence-electron chi connectivity index (χ4n) is 1.35. The highest BCUT2D eigenvalue weighted by atomic mass is 16.5. The molecule has 19 heavy (non-hydrogen) atoms. The van der Waals surface area contributed by atoms with Crippen LogP contribution in [-0.4, -0.2) is 23.1 Å². The Kier molecular flexibility index (Phi) is 5.60. The number of anilines is 1. The maximum Gasteiger partial charge on any atom is 0.179 e. The molecule has 1 heterocycles. The number of allylic oxidation sites excluding steroid dienone is 4. The first-order chi connectivity index (χ1) is 9.08. The van der Waals surface area contributed by atoms with Crippen LogP contribution in [0.5, 0.6) is 5.75 Å². The van der Waals surface area contributed by atoms with Crippen LogP contribution in [0.15, 0.2) is 37.1 Å². The van der Waals surface area contributed by atoms with E-state index >= 15 is 0 Å². The summed E-state index contributed by atoms with van der Waals surface area (Å²) in [5, 5.41) is 3.19. The molecular formula is C14H20N4O. The number of nitrogens with zero attached hydrogens (tertiary/aromatic N) is 2. The molecule has 0 amide bonds. The molecule has 0 bridgehead atoms. The van der Waals surface area contributed by atoms with Crippen LogP contribution in [0.4, 0.5) is 5.82 Å². The molecule has 0 spiro atoms. The number of hydrogen-bond acceptors (Lipinski definition) is 5. The molecule has 5 nitrogen and oxygen atoms in total. The van der Waals surface area contributed by atoms with Crippen LogP contribution in [-0.2, 0) is 0 Å². The summed E-state index contributed by atoms with van der Waals surface area (Å²) in [6, 6.07) is 0.238. The summed E-state index contributed by atoms with van der Waals surface area (Å²) in [5.41, 5.74) is 6.39. The first-order valence-electron chi connectivity index (χ1n) is 6.01. The first kappa shape index (κ1) is 14.8. The SMILES string of the molecule is C=C/C=C\C=C(/N)c1ncc(OC)c(NC(C)C)n1. The summed E-state index contributed by atoms with van der Waals surface area (Å²) >= 11 is 0. The zero-order valence-corrected chi connectivity index (χ0v) is 11.6. The minimum absolute atomic E-state index is 0.238. The standard InChI is InChI=1S/C14H20N4O/c1-5-6-7-8-11(15)13-16-9-12(19-4)14(18-13)17-10(2)3/h5-10H,1,15H2,2-4H3,(H,16,17,18)/b7-6-,11-8-. The molecule has 0 aliphatic heterocycles. The van der Waals surface area contributed by atoms with E-state index in [1.807, 2.05) is 13.8 Å². The minimum Gasteiger partial charge on any atom is -0.491 e. The highest BCUT2D eigenvalue weighted by Crippen LogP contribution is 2.22. The second-order valence-corrected chi connectivity index (χ2v) is 4.15. The van der Waals surface area contributed by atoms with E-state index in [1.165, 1.54) is 0 Å². The predicted molar refractivity (Wildman–Crippen MR) is 78.8 cm³/mol. The maximum atomic E-state index is 5.91. The topological polar surface area (TPSA) is 73.1 Å². The van der Waals surface area contributed by atoms with E-state index in [0.717, 1.165) is 0 Å². The Morgan fingerprint density at radius 1 is 1.47 bits per heavy atom. The van der Waals surface area contributed by atoms with E-state index in [4.69, 9.17) is 10.5 Å². The molecule has 0 aliphatic rings. The quantitative estimate of drug-likeness (QED) is 0.768.